The van der Waals surface area contributed by atoms with Crippen LogP contribution in [0.1, 0.15) is 16.1 Å². The third-order valence-electron chi connectivity index (χ3n) is 2.45. The van der Waals surface area contributed by atoms with Gasteiger partial charge in [-0.25, -0.2) is 9.78 Å². The number of aromatic nitrogens is 2. The summed E-state index contributed by atoms with van der Waals surface area (Å²) in [7, 11) is 1.70. The largest absolute Gasteiger partial charge is 0.477 e. The zero-order valence-electron chi connectivity index (χ0n) is 9.63. The van der Waals surface area contributed by atoms with Gasteiger partial charge in [0.2, 0.25) is 0 Å². The van der Waals surface area contributed by atoms with Crippen molar-refractivity contribution in [1.82, 2.24) is 9.55 Å². The van der Waals surface area contributed by atoms with Crippen LogP contribution in [0.15, 0.2) is 35.6 Å². The highest BCUT2D eigenvalue weighted by Crippen LogP contribution is 2.22. The minimum atomic E-state index is -0.969. The van der Waals surface area contributed by atoms with Gasteiger partial charge in [0.05, 0.1) is 6.20 Å². The van der Waals surface area contributed by atoms with Crippen molar-refractivity contribution in [2.75, 3.05) is 0 Å². The van der Waals surface area contributed by atoms with Crippen LogP contribution in [-0.4, -0.2) is 20.6 Å². The van der Waals surface area contributed by atoms with E-state index < -0.39 is 5.97 Å². The molecule has 0 spiro atoms. The molecule has 2 rings (SSSR count). The van der Waals surface area contributed by atoms with Crippen molar-refractivity contribution in [3.05, 3.63) is 46.7 Å². The van der Waals surface area contributed by atoms with Gasteiger partial charge in [0, 0.05) is 17.8 Å². The highest BCUT2D eigenvalue weighted by Gasteiger charge is 2.12. The fraction of sp³-hybridized carbons (Fsp3) is 0.167. The van der Waals surface area contributed by atoms with Crippen molar-refractivity contribution in [3.8, 4) is 0 Å². The van der Waals surface area contributed by atoms with Crippen LogP contribution < -0.4 is 0 Å². The van der Waals surface area contributed by atoms with E-state index >= 15 is 0 Å². The molecule has 0 aliphatic carbocycles. The molecule has 0 radical (unpaired) electrons. The SMILES string of the molecule is Cn1c(C(=O)O)cnc1SCc1ccc(Cl)cc1. The third-order valence-corrected chi connectivity index (χ3v) is 3.81. The van der Waals surface area contributed by atoms with E-state index in [2.05, 4.69) is 4.98 Å². The second-order valence-corrected chi connectivity index (χ2v) is 5.08. The van der Waals surface area contributed by atoms with Crippen molar-refractivity contribution >= 4 is 29.3 Å². The normalized spacial score (nSPS) is 10.6. The fourth-order valence-electron chi connectivity index (χ4n) is 1.45. The van der Waals surface area contributed by atoms with Gasteiger partial charge in [0.25, 0.3) is 0 Å². The predicted molar refractivity (Wildman–Crippen MR) is 71.2 cm³/mol. The Kier molecular flexibility index (Phi) is 3.93. The average molecular weight is 283 g/mol. The van der Waals surface area contributed by atoms with Gasteiger partial charge in [-0.1, -0.05) is 35.5 Å². The highest BCUT2D eigenvalue weighted by molar-refractivity contribution is 7.98. The van der Waals surface area contributed by atoms with Crippen LogP contribution in [0.4, 0.5) is 0 Å². The molecule has 1 aromatic carbocycles. The highest BCUT2D eigenvalue weighted by atomic mass is 35.5. The summed E-state index contributed by atoms with van der Waals surface area (Å²) in [6.45, 7) is 0. The lowest BCUT2D eigenvalue weighted by molar-refractivity contribution is 0.0685. The molecule has 0 saturated heterocycles. The molecule has 0 aliphatic heterocycles. The van der Waals surface area contributed by atoms with Gasteiger partial charge >= 0.3 is 5.97 Å². The van der Waals surface area contributed by atoms with Gasteiger partial charge in [-0.15, -0.1) is 0 Å². The molecule has 0 atom stereocenters. The van der Waals surface area contributed by atoms with E-state index in [1.165, 1.54) is 18.0 Å². The first-order valence-corrected chi connectivity index (χ1v) is 6.56. The van der Waals surface area contributed by atoms with Crippen LogP contribution >= 0.6 is 23.4 Å². The lowest BCUT2D eigenvalue weighted by atomic mass is 10.2. The zero-order chi connectivity index (χ0) is 13.1. The number of carbonyl (C=O) groups is 1. The maximum atomic E-state index is 10.9. The van der Waals surface area contributed by atoms with Crippen molar-refractivity contribution < 1.29 is 9.90 Å². The molecule has 0 saturated carbocycles. The topological polar surface area (TPSA) is 55.1 Å². The molecule has 0 fully saturated rings. The summed E-state index contributed by atoms with van der Waals surface area (Å²) in [6, 6.07) is 7.55. The van der Waals surface area contributed by atoms with Gasteiger partial charge < -0.3 is 9.67 Å². The number of nitrogens with zero attached hydrogens (tertiary/aromatic N) is 2. The Morgan fingerprint density at radius 1 is 1.44 bits per heavy atom. The standard InChI is InChI=1S/C12H11ClN2O2S/c1-15-10(11(16)17)6-14-12(15)18-7-8-2-4-9(13)5-3-8/h2-6H,7H2,1H3,(H,16,17). The van der Waals surface area contributed by atoms with E-state index in [1.54, 1.807) is 11.6 Å². The Balaban J connectivity index is 2.06. The summed E-state index contributed by atoms with van der Waals surface area (Å²) in [4.78, 5) is 15.0. The van der Waals surface area contributed by atoms with E-state index in [9.17, 15) is 4.79 Å². The minimum absolute atomic E-state index is 0.189. The monoisotopic (exact) mass is 282 g/mol. The first kappa shape index (κ1) is 13.0. The average Bonchev–Trinajstić information content (AvgIpc) is 2.70. The van der Waals surface area contributed by atoms with E-state index in [4.69, 9.17) is 16.7 Å². The molecule has 1 heterocycles. The maximum Gasteiger partial charge on any atom is 0.354 e. The molecule has 1 aromatic heterocycles. The Labute approximate surface area is 114 Å². The van der Waals surface area contributed by atoms with Crippen molar-refractivity contribution in [2.45, 2.75) is 10.9 Å². The van der Waals surface area contributed by atoms with E-state index in [0.717, 1.165) is 11.3 Å². The minimum Gasteiger partial charge on any atom is -0.477 e. The summed E-state index contributed by atoms with van der Waals surface area (Å²) in [5.74, 6) is -0.246. The summed E-state index contributed by atoms with van der Waals surface area (Å²) < 4.78 is 1.57. The Morgan fingerprint density at radius 3 is 2.67 bits per heavy atom. The van der Waals surface area contributed by atoms with Gasteiger partial charge in [0.1, 0.15) is 5.69 Å². The molecular weight excluding hydrogens is 272 g/mol. The number of rotatable bonds is 4. The lowest BCUT2D eigenvalue weighted by Gasteiger charge is -2.03. The van der Waals surface area contributed by atoms with Crippen LogP contribution in [0.5, 0.6) is 0 Å². The number of hydrogen-bond acceptors (Lipinski definition) is 3. The second-order valence-electron chi connectivity index (χ2n) is 3.71. The summed E-state index contributed by atoms with van der Waals surface area (Å²) in [5.41, 5.74) is 1.30. The number of benzene rings is 1. The zero-order valence-corrected chi connectivity index (χ0v) is 11.2. The first-order chi connectivity index (χ1) is 8.58. The maximum absolute atomic E-state index is 10.9. The van der Waals surface area contributed by atoms with E-state index in [1.807, 2.05) is 24.3 Å². The molecule has 0 bridgehead atoms. The van der Waals surface area contributed by atoms with Crippen molar-refractivity contribution in [3.63, 3.8) is 0 Å². The van der Waals surface area contributed by atoms with Crippen LogP contribution in [0, 0.1) is 0 Å². The fourth-order valence-corrected chi connectivity index (χ4v) is 2.49. The molecule has 2 aromatic rings. The molecular formula is C12H11ClN2O2S. The number of imidazole rings is 1. The lowest BCUT2D eigenvalue weighted by Crippen LogP contribution is -2.04. The van der Waals surface area contributed by atoms with Crippen molar-refractivity contribution in [2.24, 2.45) is 7.05 Å². The van der Waals surface area contributed by atoms with Crippen molar-refractivity contribution in [1.29, 1.82) is 0 Å². The summed E-state index contributed by atoms with van der Waals surface area (Å²) in [6.07, 6.45) is 1.37. The Bertz CT molecular complexity index is 566. The molecule has 94 valence electrons. The molecule has 0 amide bonds. The molecule has 1 N–H and O–H groups in total. The smallest absolute Gasteiger partial charge is 0.354 e. The summed E-state index contributed by atoms with van der Waals surface area (Å²) >= 11 is 7.29. The quantitative estimate of drug-likeness (QED) is 0.876. The molecule has 18 heavy (non-hydrogen) atoms. The van der Waals surface area contributed by atoms with Gasteiger partial charge in [-0.05, 0) is 17.7 Å². The second kappa shape index (κ2) is 5.46. The third kappa shape index (κ3) is 2.86. The number of carboxylic acid groups (broad SMARTS) is 1. The van der Waals surface area contributed by atoms with Gasteiger partial charge in [-0.3, -0.25) is 0 Å². The molecule has 0 aliphatic rings. The summed E-state index contributed by atoms with van der Waals surface area (Å²) in [5, 5.41) is 10.3. The van der Waals surface area contributed by atoms with Gasteiger partial charge in [0.15, 0.2) is 5.16 Å². The Morgan fingerprint density at radius 2 is 2.11 bits per heavy atom. The van der Waals surface area contributed by atoms with E-state index in [0.29, 0.717) is 10.2 Å². The number of aromatic carboxylic acids is 1. The van der Waals surface area contributed by atoms with Crippen LogP contribution in [0.25, 0.3) is 0 Å². The van der Waals surface area contributed by atoms with Crippen LogP contribution in [0.2, 0.25) is 5.02 Å². The van der Waals surface area contributed by atoms with Crippen LogP contribution in [-0.2, 0) is 12.8 Å². The number of carboxylic acids is 1. The molecule has 4 nitrogen and oxygen atoms in total. The van der Waals surface area contributed by atoms with Gasteiger partial charge in [-0.2, -0.15) is 0 Å². The number of halogens is 1. The molecule has 6 heteroatoms. The predicted octanol–water partition coefficient (Wildman–Crippen LogP) is 3.06. The number of hydrogen-bond donors (Lipinski definition) is 1. The van der Waals surface area contributed by atoms with E-state index in [-0.39, 0.29) is 5.69 Å². The number of thioether (sulfide) groups is 1. The molecule has 0 unspecified atom stereocenters. The first-order valence-electron chi connectivity index (χ1n) is 5.20. The van der Waals surface area contributed by atoms with Crippen LogP contribution in [0.3, 0.4) is 0 Å². The Hall–Kier alpha value is -1.46.